The largest absolute Gasteiger partial charge is 0.495 e. The van der Waals surface area contributed by atoms with Crippen LogP contribution in [0, 0.1) is 0 Å². The van der Waals surface area contributed by atoms with Crippen molar-refractivity contribution in [2.45, 2.75) is 13.1 Å². The Hall–Kier alpha value is -3.99. The zero-order valence-electron chi connectivity index (χ0n) is 17.8. The number of amides is 2. The minimum atomic E-state index is -1.28. The van der Waals surface area contributed by atoms with Gasteiger partial charge >= 0.3 is 11.8 Å². The molecule has 0 aliphatic heterocycles. The number of rotatable bonds is 8. The average Bonchev–Trinajstić information content (AvgIpc) is 2.79. The number of methoxy groups -OCH3 is 2. The van der Waals surface area contributed by atoms with Gasteiger partial charge < -0.3 is 25.2 Å². The highest BCUT2D eigenvalue weighted by Gasteiger charge is 2.17. The second-order valence-electron chi connectivity index (χ2n) is 6.81. The van der Waals surface area contributed by atoms with Gasteiger partial charge in [0.05, 0.1) is 35.8 Å². The van der Waals surface area contributed by atoms with E-state index in [1.54, 1.807) is 18.2 Å². The number of fused-ring (bicyclic) bond motifs is 1. The normalized spacial score (nSPS) is 10.6. The maximum atomic E-state index is 13.0. The molecular formula is C21H21ClN4O7. The Morgan fingerprint density at radius 2 is 1.76 bits per heavy atom. The van der Waals surface area contributed by atoms with Crippen molar-refractivity contribution in [3.8, 4) is 11.5 Å². The molecule has 12 heteroatoms. The highest BCUT2D eigenvalue weighted by Crippen LogP contribution is 2.35. The molecule has 0 aliphatic rings. The Bertz CT molecular complexity index is 1330. The number of nitrogens with one attached hydrogen (secondary N) is 2. The van der Waals surface area contributed by atoms with Crippen LogP contribution in [0.1, 0.15) is 0 Å². The van der Waals surface area contributed by atoms with E-state index in [1.165, 1.54) is 32.4 Å². The van der Waals surface area contributed by atoms with Crippen LogP contribution in [0.4, 0.5) is 10.5 Å². The van der Waals surface area contributed by atoms with Crippen molar-refractivity contribution >= 4 is 40.2 Å². The quantitative estimate of drug-likeness (QED) is 0.449. The van der Waals surface area contributed by atoms with Gasteiger partial charge in [-0.3, -0.25) is 18.7 Å². The topological polar surface area (TPSA) is 141 Å². The van der Waals surface area contributed by atoms with Crippen molar-refractivity contribution in [2.24, 2.45) is 0 Å². The number of aromatic nitrogens is 2. The molecule has 3 N–H and O–H groups in total. The molecule has 0 spiro atoms. The maximum absolute atomic E-state index is 13.0. The molecule has 33 heavy (non-hydrogen) atoms. The molecule has 2 aromatic carbocycles. The van der Waals surface area contributed by atoms with Gasteiger partial charge in [-0.2, -0.15) is 0 Å². The summed E-state index contributed by atoms with van der Waals surface area (Å²) in [7, 11) is 2.86. The van der Waals surface area contributed by atoms with Crippen LogP contribution in [0.5, 0.6) is 11.5 Å². The second-order valence-corrected chi connectivity index (χ2v) is 7.22. The van der Waals surface area contributed by atoms with Crippen LogP contribution in [0.3, 0.4) is 0 Å². The third-order valence-corrected chi connectivity index (χ3v) is 5.09. The zero-order valence-corrected chi connectivity index (χ0v) is 18.5. The van der Waals surface area contributed by atoms with E-state index in [2.05, 4.69) is 10.6 Å². The summed E-state index contributed by atoms with van der Waals surface area (Å²) in [5, 5.41) is 14.0. The van der Waals surface area contributed by atoms with E-state index >= 15 is 0 Å². The molecule has 0 saturated heterocycles. The molecule has 2 amide bonds. The summed E-state index contributed by atoms with van der Waals surface area (Å²) in [4.78, 5) is 49.3. The molecule has 1 aromatic heterocycles. The van der Waals surface area contributed by atoms with Gasteiger partial charge in [-0.05, 0) is 18.2 Å². The Morgan fingerprint density at radius 1 is 1.06 bits per heavy atom. The summed E-state index contributed by atoms with van der Waals surface area (Å²) in [5.41, 5.74) is -0.793. The second kappa shape index (κ2) is 10.1. The Kier molecular flexibility index (Phi) is 7.23. The SMILES string of the molecule is COc1cc(OC)c(NC(=O)Cn2c(=O)n(CCNC(=O)O)c(=O)c3ccccc32)cc1Cl. The number of nitrogens with zero attached hydrogens (tertiary/aromatic N) is 2. The number of carbonyl (C=O) groups excluding carboxylic acids is 1. The highest BCUT2D eigenvalue weighted by atomic mass is 35.5. The minimum Gasteiger partial charge on any atom is -0.495 e. The lowest BCUT2D eigenvalue weighted by Crippen LogP contribution is -2.43. The molecule has 0 bridgehead atoms. The molecule has 11 nitrogen and oxygen atoms in total. The molecule has 0 radical (unpaired) electrons. The Morgan fingerprint density at radius 3 is 2.42 bits per heavy atom. The van der Waals surface area contributed by atoms with Gasteiger partial charge in [0.25, 0.3) is 5.56 Å². The van der Waals surface area contributed by atoms with Crippen LogP contribution in [0.15, 0.2) is 46.0 Å². The number of benzene rings is 2. The van der Waals surface area contributed by atoms with E-state index in [4.69, 9.17) is 26.2 Å². The van der Waals surface area contributed by atoms with Crippen molar-refractivity contribution in [2.75, 3.05) is 26.1 Å². The van der Waals surface area contributed by atoms with E-state index in [0.717, 1.165) is 9.13 Å². The van der Waals surface area contributed by atoms with Crippen LogP contribution >= 0.6 is 11.6 Å². The number of carboxylic acid groups (broad SMARTS) is 1. The number of halogens is 1. The zero-order chi connectivity index (χ0) is 24.1. The maximum Gasteiger partial charge on any atom is 0.404 e. The Labute approximate surface area is 192 Å². The van der Waals surface area contributed by atoms with E-state index in [1.807, 2.05) is 0 Å². The lowest BCUT2D eigenvalue weighted by atomic mass is 10.2. The van der Waals surface area contributed by atoms with E-state index in [9.17, 15) is 19.2 Å². The Balaban J connectivity index is 1.98. The molecule has 0 saturated carbocycles. The number of hydrogen-bond acceptors (Lipinski definition) is 6. The lowest BCUT2D eigenvalue weighted by molar-refractivity contribution is -0.116. The van der Waals surface area contributed by atoms with Gasteiger partial charge in [-0.1, -0.05) is 23.7 Å². The predicted octanol–water partition coefficient (Wildman–Crippen LogP) is 1.74. The molecule has 0 atom stereocenters. The monoisotopic (exact) mass is 476 g/mol. The molecule has 0 unspecified atom stereocenters. The summed E-state index contributed by atoms with van der Waals surface area (Å²) in [6.45, 7) is -0.770. The predicted molar refractivity (Wildman–Crippen MR) is 122 cm³/mol. The van der Waals surface area contributed by atoms with Gasteiger partial charge in [0, 0.05) is 19.2 Å². The fourth-order valence-electron chi connectivity index (χ4n) is 3.29. The number of hydrogen-bond donors (Lipinski definition) is 3. The molecule has 174 valence electrons. The summed E-state index contributed by atoms with van der Waals surface area (Å²) in [5.74, 6) is 0.0814. The fourth-order valence-corrected chi connectivity index (χ4v) is 3.53. The van der Waals surface area contributed by atoms with E-state index < -0.39 is 29.8 Å². The van der Waals surface area contributed by atoms with Crippen LogP contribution in [-0.4, -0.2) is 47.0 Å². The summed E-state index contributed by atoms with van der Waals surface area (Å²) >= 11 is 6.14. The standard InChI is InChI=1S/C21H21ClN4O7/c1-32-16-10-17(33-2)14(9-13(16)22)24-18(27)11-26-15-6-4-3-5-12(15)19(28)25(21(26)31)8-7-23-20(29)30/h3-6,9-10,23H,7-8,11H2,1-2H3,(H,24,27)(H,29,30). The van der Waals surface area contributed by atoms with Gasteiger partial charge in [0.1, 0.15) is 18.0 Å². The van der Waals surface area contributed by atoms with E-state index in [-0.39, 0.29) is 34.7 Å². The van der Waals surface area contributed by atoms with Crippen molar-refractivity contribution in [1.29, 1.82) is 0 Å². The minimum absolute atomic E-state index is 0.156. The van der Waals surface area contributed by atoms with Crippen LogP contribution in [0.2, 0.25) is 5.02 Å². The number of carbonyl (C=O) groups is 2. The van der Waals surface area contributed by atoms with Gasteiger partial charge in [0.15, 0.2) is 0 Å². The number of ether oxygens (including phenoxy) is 2. The smallest absolute Gasteiger partial charge is 0.404 e. The first-order chi connectivity index (χ1) is 15.8. The third-order valence-electron chi connectivity index (χ3n) is 4.79. The number of para-hydroxylation sites is 1. The molecule has 0 aliphatic carbocycles. The molecule has 0 fully saturated rings. The molecular weight excluding hydrogens is 456 g/mol. The van der Waals surface area contributed by atoms with Gasteiger partial charge in [0.2, 0.25) is 5.91 Å². The third kappa shape index (κ3) is 5.09. The van der Waals surface area contributed by atoms with Crippen LogP contribution in [0.25, 0.3) is 10.9 Å². The lowest BCUT2D eigenvalue weighted by Gasteiger charge is -2.16. The van der Waals surface area contributed by atoms with E-state index in [0.29, 0.717) is 11.5 Å². The van der Waals surface area contributed by atoms with Crippen molar-refractivity contribution in [3.63, 3.8) is 0 Å². The van der Waals surface area contributed by atoms with Crippen molar-refractivity contribution in [3.05, 3.63) is 62.3 Å². The van der Waals surface area contributed by atoms with Gasteiger partial charge in [-0.15, -0.1) is 0 Å². The summed E-state index contributed by atoms with van der Waals surface area (Å²) < 4.78 is 12.4. The first-order valence-electron chi connectivity index (χ1n) is 9.67. The first-order valence-corrected chi connectivity index (χ1v) is 10.0. The van der Waals surface area contributed by atoms with Gasteiger partial charge in [-0.25, -0.2) is 9.59 Å². The van der Waals surface area contributed by atoms with Crippen LogP contribution < -0.4 is 31.4 Å². The number of anilines is 1. The fraction of sp³-hybridized carbons (Fsp3) is 0.238. The first kappa shape index (κ1) is 23.7. The molecule has 3 aromatic rings. The van der Waals surface area contributed by atoms with Crippen LogP contribution in [-0.2, 0) is 17.9 Å². The van der Waals surface area contributed by atoms with Crippen molar-refractivity contribution < 1.29 is 24.2 Å². The summed E-state index contributed by atoms with van der Waals surface area (Å²) in [6, 6.07) is 9.31. The van der Waals surface area contributed by atoms with Crippen molar-refractivity contribution in [1.82, 2.24) is 14.5 Å². The summed E-state index contributed by atoms with van der Waals surface area (Å²) in [6.07, 6.45) is -1.28. The average molecular weight is 477 g/mol. The molecule has 1 heterocycles. The highest BCUT2D eigenvalue weighted by molar-refractivity contribution is 6.32. The molecule has 3 rings (SSSR count).